The van der Waals surface area contributed by atoms with Crippen molar-refractivity contribution in [1.82, 2.24) is 10.2 Å². The fraction of sp³-hybridized carbons (Fsp3) is 0.750. The Morgan fingerprint density at radius 1 is 1.47 bits per heavy atom. The van der Waals surface area contributed by atoms with Gasteiger partial charge in [-0.25, -0.2) is 0 Å². The SMILES string of the molecule is CCCC(c1cccs1)N1CCCNC(C(C)C)C1. The topological polar surface area (TPSA) is 15.3 Å². The molecule has 1 aromatic heterocycles. The predicted octanol–water partition coefficient (Wildman–Crippen LogP) is 3.91. The summed E-state index contributed by atoms with van der Waals surface area (Å²) in [6.07, 6.45) is 3.82. The van der Waals surface area contributed by atoms with Crippen LogP contribution in [0.3, 0.4) is 0 Å². The van der Waals surface area contributed by atoms with Gasteiger partial charge in [-0.3, -0.25) is 4.90 Å². The summed E-state index contributed by atoms with van der Waals surface area (Å²) in [5.74, 6) is 0.714. The molecular formula is C16H28N2S. The molecule has 0 radical (unpaired) electrons. The molecule has 0 spiro atoms. The second-order valence-electron chi connectivity index (χ2n) is 5.97. The number of hydrogen-bond donors (Lipinski definition) is 1. The third-order valence-electron chi connectivity index (χ3n) is 4.14. The summed E-state index contributed by atoms with van der Waals surface area (Å²) in [6.45, 7) is 10.6. The van der Waals surface area contributed by atoms with Crippen LogP contribution in [0, 0.1) is 5.92 Å². The molecule has 2 rings (SSSR count). The maximum atomic E-state index is 3.72. The van der Waals surface area contributed by atoms with Crippen LogP contribution in [0.1, 0.15) is 51.0 Å². The summed E-state index contributed by atoms with van der Waals surface area (Å²) in [5.41, 5.74) is 0. The number of nitrogens with one attached hydrogen (secondary N) is 1. The van der Waals surface area contributed by atoms with E-state index in [1.165, 1.54) is 38.9 Å². The lowest BCUT2D eigenvalue weighted by Crippen LogP contribution is -2.42. The van der Waals surface area contributed by atoms with E-state index in [9.17, 15) is 0 Å². The first-order valence-corrected chi connectivity index (χ1v) is 8.61. The zero-order chi connectivity index (χ0) is 13.7. The quantitative estimate of drug-likeness (QED) is 0.879. The van der Waals surface area contributed by atoms with Gasteiger partial charge in [0.15, 0.2) is 0 Å². The number of hydrogen-bond acceptors (Lipinski definition) is 3. The minimum absolute atomic E-state index is 0.631. The molecule has 108 valence electrons. The minimum atomic E-state index is 0.631. The summed E-state index contributed by atoms with van der Waals surface area (Å²) >= 11 is 1.92. The molecule has 0 saturated carbocycles. The first kappa shape index (κ1) is 15.0. The Kier molecular flexibility index (Phi) is 5.86. The molecule has 2 unspecified atom stereocenters. The van der Waals surface area contributed by atoms with Crippen molar-refractivity contribution in [3.05, 3.63) is 22.4 Å². The fourth-order valence-corrected chi connectivity index (χ4v) is 3.86. The van der Waals surface area contributed by atoms with Gasteiger partial charge in [-0.1, -0.05) is 33.3 Å². The van der Waals surface area contributed by atoms with Crippen LogP contribution < -0.4 is 5.32 Å². The van der Waals surface area contributed by atoms with Crippen LogP contribution in [0.4, 0.5) is 0 Å². The van der Waals surface area contributed by atoms with Gasteiger partial charge in [0.05, 0.1) is 0 Å². The van der Waals surface area contributed by atoms with E-state index in [0.717, 1.165) is 0 Å². The lowest BCUT2D eigenvalue weighted by atomic mass is 10.0. The highest BCUT2D eigenvalue weighted by Gasteiger charge is 2.26. The van der Waals surface area contributed by atoms with Crippen LogP contribution in [0.25, 0.3) is 0 Å². The lowest BCUT2D eigenvalue weighted by Gasteiger charge is -2.33. The van der Waals surface area contributed by atoms with Gasteiger partial charge in [0, 0.05) is 30.1 Å². The third-order valence-corrected chi connectivity index (χ3v) is 5.11. The second-order valence-corrected chi connectivity index (χ2v) is 6.95. The monoisotopic (exact) mass is 280 g/mol. The van der Waals surface area contributed by atoms with Crippen molar-refractivity contribution >= 4 is 11.3 Å². The molecular weight excluding hydrogens is 252 g/mol. The highest BCUT2D eigenvalue weighted by molar-refractivity contribution is 7.10. The summed E-state index contributed by atoms with van der Waals surface area (Å²) in [4.78, 5) is 4.27. The standard InChI is InChI=1S/C16H28N2S/c1-4-7-15(16-8-5-11-19-16)18-10-6-9-17-14(12-18)13(2)3/h5,8,11,13-15,17H,4,6-7,9-10,12H2,1-3H3. The molecule has 2 atom stereocenters. The Hall–Kier alpha value is -0.380. The van der Waals surface area contributed by atoms with Crippen LogP contribution >= 0.6 is 11.3 Å². The fourth-order valence-electron chi connectivity index (χ4n) is 2.97. The van der Waals surface area contributed by atoms with Crippen molar-refractivity contribution in [2.24, 2.45) is 5.92 Å². The average Bonchev–Trinajstić information content (AvgIpc) is 2.79. The maximum absolute atomic E-state index is 3.72. The van der Waals surface area contributed by atoms with E-state index in [1.54, 1.807) is 4.88 Å². The Balaban J connectivity index is 2.10. The predicted molar refractivity (Wildman–Crippen MR) is 84.8 cm³/mol. The molecule has 1 aliphatic heterocycles. The second kappa shape index (κ2) is 7.41. The van der Waals surface area contributed by atoms with E-state index >= 15 is 0 Å². The van der Waals surface area contributed by atoms with E-state index in [4.69, 9.17) is 0 Å². The van der Waals surface area contributed by atoms with Crippen molar-refractivity contribution in [3.8, 4) is 0 Å². The Morgan fingerprint density at radius 2 is 2.32 bits per heavy atom. The molecule has 1 aromatic rings. The van der Waals surface area contributed by atoms with Crippen LogP contribution in [0.2, 0.25) is 0 Å². The molecule has 1 fully saturated rings. The summed E-state index contributed by atoms with van der Waals surface area (Å²) < 4.78 is 0. The molecule has 0 aliphatic carbocycles. The minimum Gasteiger partial charge on any atom is -0.312 e. The molecule has 1 saturated heterocycles. The van der Waals surface area contributed by atoms with E-state index < -0.39 is 0 Å². The van der Waals surface area contributed by atoms with Gasteiger partial charge in [0.25, 0.3) is 0 Å². The van der Waals surface area contributed by atoms with Gasteiger partial charge in [0.2, 0.25) is 0 Å². The summed E-state index contributed by atoms with van der Waals surface area (Å²) in [7, 11) is 0. The zero-order valence-corrected chi connectivity index (χ0v) is 13.4. The largest absolute Gasteiger partial charge is 0.312 e. The Bertz CT molecular complexity index is 348. The maximum Gasteiger partial charge on any atom is 0.0442 e. The highest BCUT2D eigenvalue weighted by Crippen LogP contribution is 2.30. The first-order valence-electron chi connectivity index (χ1n) is 7.73. The molecule has 2 nitrogen and oxygen atoms in total. The molecule has 1 aliphatic rings. The smallest absolute Gasteiger partial charge is 0.0442 e. The normalized spacial score (nSPS) is 23.5. The van der Waals surface area contributed by atoms with E-state index in [1.807, 2.05) is 11.3 Å². The highest BCUT2D eigenvalue weighted by atomic mass is 32.1. The number of rotatable bonds is 5. The van der Waals surface area contributed by atoms with Crippen molar-refractivity contribution in [2.45, 2.75) is 52.1 Å². The molecule has 1 N–H and O–H groups in total. The van der Waals surface area contributed by atoms with Gasteiger partial charge >= 0.3 is 0 Å². The first-order chi connectivity index (χ1) is 9.22. The molecule has 0 amide bonds. The van der Waals surface area contributed by atoms with Gasteiger partial charge in [0.1, 0.15) is 0 Å². The summed E-state index contributed by atoms with van der Waals surface area (Å²) in [5, 5.41) is 5.93. The molecule has 3 heteroatoms. The summed E-state index contributed by atoms with van der Waals surface area (Å²) in [6, 6.07) is 5.78. The van der Waals surface area contributed by atoms with Crippen molar-refractivity contribution in [2.75, 3.05) is 19.6 Å². The van der Waals surface area contributed by atoms with E-state index in [2.05, 4.69) is 48.5 Å². The zero-order valence-electron chi connectivity index (χ0n) is 12.6. The average molecular weight is 280 g/mol. The van der Waals surface area contributed by atoms with Crippen molar-refractivity contribution in [1.29, 1.82) is 0 Å². The number of nitrogens with zero attached hydrogens (tertiary/aromatic N) is 1. The molecule has 0 aromatic carbocycles. The van der Waals surface area contributed by atoms with Crippen LogP contribution in [-0.2, 0) is 0 Å². The van der Waals surface area contributed by atoms with Crippen molar-refractivity contribution in [3.63, 3.8) is 0 Å². The molecule has 19 heavy (non-hydrogen) atoms. The molecule has 0 bridgehead atoms. The van der Waals surface area contributed by atoms with Crippen LogP contribution in [0.5, 0.6) is 0 Å². The van der Waals surface area contributed by atoms with Crippen LogP contribution in [0.15, 0.2) is 17.5 Å². The van der Waals surface area contributed by atoms with Crippen LogP contribution in [-0.4, -0.2) is 30.6 Å². The van der Waals surface area contributed by atoms with E-state index in [0.29, 0.717) is 18.0 Å². The van der Waals surface area contributed by atoms with Gasteiger partial charge < -0.3 is 5.32 Å². The molecule has 2 heterocycles. The lowest BCUT2D eigenvalue weighted by molar-refractivity contribution is 0.174. The van der Waals surface area contributed by atoms with Crippen molar-refractivity contribution < 1.29 is 0 Å². The third kappa shape index (κ3) is 4.04. The van der Waals surface area contributed by atoms with Gasteiger partial charge in [-0.15, -0.1) is 11.3 Å². The Labute approximate surface area is 122 Å². The van der Waals surface area contributed by atoms with E-state index in [-0.39, 0.29) is 0 Å². The van der Waals surface area contributed by atoms with Gasteiger partial charge in [-0.05, 0) is 36.8 Å². The van der Waals surface area contributed by atoms with Gasteiger partial charge in [-0.2, -0.15) is 0 Å². The number of thiophene rings is 1. The Morgan fingerprint density at radius 3 is 2.95 bits per heavy atom.